The van der Waals surface area contributed by atoms with Crippen LogP contribution in [0.3, 0.4) is 0 Å². The predicted octanol–water partition coefficient (Wildman–Crippen LogP) is 0.744. The largest absolute Gasteiger partial charge is 0.545 e. The minimum absolute atomic E-state index is 0. The van der Waals surface area contributed by atoms with E-state index in [1.807, 2.05) is 0 Å². The molecular formula is C11H22LaNO4-. The predicted molar refractivity (Wildman–Crippen MR) is 60.9 cm³/mol. The summed E-state index contributed by atoms with van der Waals surface area (Å²) in [6, 6.07) is 0. The molecule has 0 aliphatic heterocycles. The number of hydrogen-bond donors (Lipinski definition) is 1. The second-order valence-corrected chi connectivity index (χ2v) is 3.12. The molecule has 1 radical (unpaired) electrons. The third-order valence-corrected chi connectivity index (χ3v) is 1.67. The van der Waals surface area contributed by atoms with Gasteiger partial charge >= 0.3 is 0 Å². The molecule has 0 aliphatic rings. The molecule has 0 saturated carbocycles. The average molecular weight is 371 g/mol. The third-order valence-electron chi connectivity index (χ3n) is 1.67. The molecule has 0 heterocycles. The van der Waals surface area contributed by atoms with Gasteiger partial charge in [0, 0.05) is 48.8 Å². The van der Waals surface area contributed by atoms with Gasteiger partial charge in [0.05, 0.1) is 26.4 Å². The molecule has 0 rings (SSSR count). The SMILES string of the molecule is C[CH-]OCC(=O)NCCOCCOCCC.[La]. The molecule has 0 aromatic heterocycles. The number of hydrogen-bond acceptors (Lipinski definition) is 4. The quantitative estimate of drug-likeness (QED) is 0.430. The van der Waals surface area contributed by atoms with Gasteiger partial charge < -0.3 is 19.5 Å². The van der Waals surface area contributed by atoms with Crippen LogP contribution in [-0.4, -0.2) is 45.5 Å². The minimum Gasteiger partial charge on any atom is -0.545 e. The van der Waals surface area contributed by atoms with Gasteiger partial charge in [0.15, 0.2) is 0 Å². The van der Waals surface area contributed by atoms with Crippen LogP contribution in [0.5, 0.6) is 0 Å². The van der Waals surface area contributed by atoms with Gasteiger partial charge in [-0.1, -0.05) is 6.92 Å². The van der Waals surface area contributed by atoms with Crippen LogP contribution in [0.15, 0.2) is 0 Å². The first kappa shape index (κ1) is 19.9. The first-order chi connectivity index (χ1) is 7.81. The summed E-state index contributed by atoms with van der Waals surface area (Å²) in [5.74, 6) is -0.135. The van der Waals surface area contributed by atoms with Crippen molar-refractivity contribution in [3.05, 3.63) is 6.61 Å². The zero-order valence-corrected chi connectivity index (χ0v) is 14.4. The summed E-state index contributed by atoms with van der Waals surface area (Å²) in [4.78, 5) is 11.0. The fourth-order valence-electron chi connectivity index (χ4n) is 0.939. The normalized spacial score (nSPS) is 9.76. The summed E-state index contributed by atoms with van der Waals surface area (Å²) >= 11 is 0. The summed E-state index contributed by atoms with van der Waals surface area (Å²) in [6.07, 6.45) is 1.02. The van der Waals surface area contributed by atoms with Crippen LogP contribution in [0, 0.1) is 42.2 Å². The molecule has 17 heavy (non-hydrogen) atoms. The van der Waals surface area contributed by atoms with Crippen LogP contribution >= 0.6 is 0 Å². The van der Waals surface area contributed by atoms with Gasteiger partial charge in [-0.05, 0) is 6.42 Å². The second kappa shape index (κ2) is 16.5. The first-order valence-electron chi connectivity index (χ1n) is 5.62. The van der Waals surface area contributed by atoms with E-state index in [4.69, 9.17) is 14.2 Å². The van der Waals surface area contributed by atoms with Crippen molar-refractivity contribution in [1.29, 1.82) is 0 Å². The van der Waals surface area contributed by atoms with Gasteiger partial charge in [0.25, 0.3) is 0 Å². The Morgan fingerprint density at radius 2 is 1.82 bits per heavy atom. The molecular weight excluding hydrogens is 349 g/mol. The number of rotatable bonds is 11. The van der Waals surface area contributed by atoms with Gasteiger partial charge in [-0.3, -0.25) is 4.79 Å². The fourth-order valence-corrected chi connectivity index (χ4v) is 0.939. The van der Waals surface area contributed by atoms with Gasteiger partial charge in [-0.25, -0.2) is 6.61 Å². The molecule has 0 saturated heterocycles. The Labute approximate surface area is 132 Å². The van der Waals surface area contributed by atoms with Gasteiger partial charge in [0.1, 0.15) is 0 Å². The molecule has 0 atom stereocenters. The average Bonchev–Trinajstić information content (AvgIpc) is 2.30. The summed E-state index contributed by atoms with van der Waals surface area (Å²) < 4.78 is 15.3. The Bertz CT molecular complexity index is 170. The number of carbonyl (C=O) groups excluding carboxylic acids is 1. The summed E-state index contributed by atoms with van der Waals surface area (Å²) in [5.41, 5.74) is 0. The maximum absolute atomic E-state index is 11.0. The second-order valence-electron chi connectivity index (χ2n) is 3.12. The van der Waals surface area contributed by atoms with Crippen molar-refractivity contribution in [2.24, 2.45) is 0 Å². The van der Waals surface area contributed by atoms with E-state index in [0.717, 1.165) is 13.0 Å². The Morgan fingerprint density at radius 3 is 2.41 bits per heavy atom. The van der Waals surface area contributed by atoms with Crippen molar-refractivity contribution in [2.75, 3.05) is 39.6 Å². The Balaban J connectivity index is 0. The number of amides is 1. The van der Waals surface area contributed by atoms with Crippen LogP contribution in [0.1, 0.15) is 20.3 Å². The minimum atomic E-state index is -0.135. The van der Waals surface area contributed by atoms with Gasteiger partial charge in [0.2, 0.25) is 5.91 Å². The van der Waals surface area contributed by atoms with E-state index in [2.05, 4.69) is 12.2 Å². The molecule has 0 bridgehead atoms. The van der Waals surface area contributed by atoms with E-state index in [1.54, 1.807) is 6.92 Å². The van der Waals surface area contributed by atoms with Crippen molar-refractivity contribution in [1.82, 2.24) is 5.32 Å². The topological polar surface area (TPSA) is 56.8 Å². The Kier molecular flexibility index (Phi) is 19.3. The molecule has 0 aromatic carbocycles. The van der Waals surface area contributed by atoms with Crippen molar-refractivity contribution in [2.45, 2.75) is 20.3 Å². The Hall–Kier alpha value is 0.545. The molecule has 0 aromatic rings. The molecule has 0 fully saturated rings. The van der Waals surface area contributed by atoms with Crippen molar-refractivity contribution in [3.8, 4) is 0 Å². The molecule has 6 heteroatoms. The molecule has 0 unspecified atom stereocenters. The third kappa shape index (κ3) is 16.5. The van der Waals surface area contributed by atoms with E-state index in [-0.39, 0.29) is 48.1 Å². The molecule has 1 N–H and O–H groups in total. The number of nitrogens with one attached hydrogen (secondary N) is 1. The van der Waals surface area contributed by atoms with E-state index >= 15 is 0 Å². The molecule has 1 amide bonds. The maximum atomic E-state index is 11.0. The maximum Gasteiger partial charge on any atom is 0.243 e. The smallest absolute Gasteiger partial charge is 0.243 e. The van der Waals surface area contributed by atoms with Crippen LogP contribution in [0.25, 0.3) is 0 Å². The van der Waals surface area contributed by atoms with E-state index in [0.29, 0.717) is 26.4 Å². The van der Waals surface area contributed by atoms with Crippen molar-refractivity contribution < 1.29 is 54.6 Å². The molecule has 5 nitrogen and oxygen atoms in total. The van der Waals surface area contributed by atoms with Crippen molar-refractivity contribution in [3.63, 3.8) is 0 Å². The van der Waals surface area contributed by atoms with Gasteiger partial charge in [-0.15, -0.1) is 0 Å². The molecule has 0 aliphatic carbocycles. The zero-order valence-electron chi connectivity index (χ0n) is 10.7. The first-order valence-corrected chi connectivity index (χ1v) is 5.62. The van der Waals surface area contributed by atoms with Crippen LogP contribution in [0.2, 0.25) is 0 Å². The summed E-state index contributed by atoms with van der Waals surface area (Å²) in [7, 11) is 0. The summed E-state index contributed by atoms with van der Waals surface area (Å²) in [6.45, 7) is 8.28. The summed E-state index contributed by atoms with van der Waals surface area (Å²) in [5, 5.41) is 2.67. The van der Waals surface area contributed by atoms with E-state index in [1.165, 1.54) is 6.61 Å². The zero-order chi connectivity index (χ0) is 12.1. The number of carbonyl (C=O) groups is 1. The van der Waals surface area contributed by atoms with E-state index < -0.39 is 0 Å². The molecule has 99 valence electrons. The van der Waals surface area contributed by atoms with Crippen LogP contribution < -0.4 is 5.32 Å². The fraction of sp³-hybridized carbons (Fsp3) is 0.818. The van der Waals surface area contributed by atoms with Gasteiger partial charge in [-0.2, -0.15) is 6.92 Å². The standard InChI is InChI=1S/C11H22NO4.La/c1-3-6-15-8-9-16-7-5-12-11(13)10-14-4-2;/h4H,3,5-10H2,1-2H3,(H,12,13);/q-1;. The number of ether oxygens (including phenoxy) is 3. The van der Waals surface area contributed by atoms with E-state index in [9.17, 15) is 4.79 Å². The Morgan fingerprint density at radius 1 is 1.18 bits per heavy atom. The molecule has 0 spiro atoms. The monoisotopic (exact) mass is 371 g/mol. The van der Waals surface area contributed by atoms with Crippen LogP contribution in [0.4, 0.5) is 0 Å². The van der Waals surface area contributed by atoms with Crippen molar-refractivity contribution >= 4 is 5.91 Å². The van der Waals surface area contributed by atoms with Crippen LogP contribution in [-0.2, 0) is 19.0 Å².